The van der Waals surface area contributed by atoms with Crippen molar-refractivity contribution in [1.29, 1.82) is 0 Å². The van der Waals surface area contributed by atoms with Gasteiger partial charge in [-0.05, 0) is 19.1 Å². The van der Waals surface area contributed by atoms with Gasteiger partial charge in [-0.3, -0.25) is 10.1 Å². The molecule has 1 heterocycles. The Hall–Kier alpha value is -1.16. The predicted molar refractivity (Wildman–Crippen MR) is 58.9 cm³/mol. The number of aryl methyl sites for hydroxylation is 1. The highest BCUT2D eigenvalue weighted by atomic mass is 32.1. The molecule has 0 fully saturated rings. The number of hydrogen-bond acceptors (Lipinski definition) is 3. The summed E-state index contributed by atoms with van der Waals surface area (Å²) in [6, 6.07) is 3.88. The van der Waals surface area contributed by atoms with E-state index in [2.05, 4.69) is 0 Å². The van der Waals surface area contributed by atoms with Crippen LogP contribution in [0.5, 0.6) is 0 Å². The smallest absolute Gasteiger partial charge is 0.250 e. The number of rotatable bonds is 3. The molecule has 0 spiro atoms. The molecule has 0 saturated heterocycles. The number of allylic oxidation sites excluding steroid dienone is 1. The van der Waals surface area contributed by atoms with Gasteiger partial charge in [0.15, 0.2) is 0 Å². The van der Waals surface area contributed by atoms with Crippen LogP contribution in [0.2, 0.25) is 0 Å². The van der Waals surface area contributed by atoms with Gasteiger partial charge >= 0.3 is 0 Å². The third kappa shape index (κ3) is 2.67. The maximum absolute atomic E-state index is 10.7. The lowest BCUT2D eigenvalue weighted by Gasteiger charge is -1.99. The van der Waals surface area contributed by atoms with Crippen LogP contribution < -0.4 is 0 Å². The molecule has 0 unspecified atom stereocenters. The Bertz CT molecular complexity index is 366. The van der Waals surface area contributed by atoms with Gasteiger partial charge in [-0.15, -0.1) is 11.3 Å². The standard InChI is InChI=1S/C10H13NO2S/c1-7(2)10(11(12)13)6-9-5-4-8(3)14-9/h4-7H,1-3H3/b10-6-. The molecule has 3 nitrogen and oxygen atoms in total. The van der Waals surface area contributed by atoms with Crippen LogP contribution in [0.3, 0.4) is 0 Å². The number of nitrogens with zero attached hydrogens (tertiary/aromatic N) is 1. The first-order valence-corrected chi connectivity index (χ1v) is 5.24. The molecule has 0 aliphatic rings. The van der Waals surface area contributed by atoms with Crippen LogP contribution in [-0.4, -0.2) is 4.92 Å². The van der Waals surface area contributed by atoms with E-state index in [-0.39, 0.29) is 16.5 Å². The first-order chi connectivity index (χ1) is 6.50. The van der Waals surface area contributed by atoms with E-state index in [0.29, 0.717) is 0 Å². The summed E-state index contributed by atoms with van der Waals surface area (Å²) in [7, 11) is 0. The molecule has 0 radical (unpaired) electrons. The molecule has 1 rings (SSSR count). The van der Waals surface area contributed by atoms with Crippen LogP contribution in [0.1, 0.15) is 23.6 Å². The van der Waals surface area contributed by atoms with Crippen molar-refractivity contribution in [2.45, 2.75) is 20.8 Å². The molecular formula is C10H13NO2S. The van der Waals surface area contributed by atoms with Crippen LogP contribution in [-0.2, 0) is 0 Å². The number of nitro groups is 1. The Labute approximate surface area is 87.2 Å². The zero-order chi connectivity index (χ0) is 10.7. The van der Waals surface area contributed by atoms with Crippen molar-refractivity contribution >= 4 is 17.4 Å². The second kappa shape index (κ2) is 4.37. The summed E-state index contributed by atoms with van der Waals surface area (Å²) in [5, 5.41) is 10.7. The summed E-state index contributed by atoms with van der Waals surface area (Å²) >= 11 is 1.57. The molecule has 0 amide bonds. The monoisotopic (exact) mass is 211 g/mol. The van der Waals surface area contributed by atoms with E-state index >= 15 is 0 Å². The van der Waals surface area contributed by atoms with Gasteiger partial charge in [-0.25, -0.2) is 0 Å². The second-order valence-electron chi connectivity index (χ2n) is 3.43. The summed E-state index contributed by atoms with van der Waals surface area (Å²) in [5.41, 5.74) is 0.270. The molecule has 0 atom stereocenters. The van der Waals surface area contributed by atoms with Crippen LogP contribution in [0, 0.1) is 23.0 Å². The van der Waals surface area contributed by atoms with Gasteiger partial charge < -0.3 is 0 Å². The van der Waals surface area contributed by atoms with Gasteiger partial charge in [0, 0.05) is 21.7 Å². The van der Waals surface area contributed by atoms with Gasteiger partial charge in [0.2, 0.25) is 5.70 Å². The second-order valence-corrected chi connectivity index (χ2v) is 4.75. The van der Waals surface area contributed by atoms with Crippen molar-refractivity contribution in [3.8, 4) is 0 Å². The van der Waals surface area contributed by atoms with Crippen molar-refractivity contribution < 1.29 is 4.92 Å². The molecule has 0 aliphatic carbocycles. The van der Waals surface area contributed by atoms with Crippen molar-refractivity contribution in [2.24, 2.45) is 5.92 Å². The fourth-order valence-electron chi connectivity index (χ4n) is 1.11. The molecule has 0 N–H and O–H groups in total. The predicted octanol–water partition coefficient (Wildman–Crippen LogP) is 3.33. The van der Waals surface area contributed by atoms with Gasteiger partial charge in [0.1, 0.15) is 0 Å². The normalized spacial score (nSPS) is 12.1. The van der Waals surface area contributed by atoms with Crippen LogP contribution in [0.25, 0.3) is 6.08 Å². The molecule has 0 aliphatic heterocycles. The number of thiophene rings is 1. The first kappa shape index (κ1) is 10.9. The molecule has 14 heavy (non-hydrogen) atoms. The van der Waals surface area contributed by atoms with E-state index in [4.69, 9.17) is 0 Å². The molecule has 0 aromatic carbocycles. The van der Waals surface area contributed by atoms with Gasteiger partial charge in [0.25, 0.3) is 0 Å². The van der Waals surface area contributed by atoms with Gasteiger partial charge in [0.05, 0.1) is 4.92 Å². The molecule has 0 bridgehead atoms. The minimum Gasteiger partial charge on any atom is -0.259 e. The van der Waals surface area contributed by atoms with E-state index < -0.39 is 0 Å². The fourth-order valence-corrected chi connectivity index (χ4v) is 1.93. The van der Waals surface area contributed by atoms with E-state index in [1.165, 1.54) is 4.88 Å². The molecule has 1 aromatic rings. The highest BCUT2D eigenvalue weighted by Crippen LogP contribution is 2.21. The minimum absolute atomic E-state index is 0.0487. The van der Waals surface area contributed by atoms with E-state index in [9.17, 15) is 10.1 Å². The Morgan fingerprint density at radius 3 is 2.57 bits per heavy atom. The topological polar surface area (TPSA) is 43.1 Å². The Balaban J connectivity index is 2.99. The van der Waals surface area contributed by atoms with Crippen LogP contribution in [0.15, 0.2) is 17.8 Å². The quantitative estimate of drug-likeness (QED) is 0.568. The lowest BCUT2D eigenvalue weighted by Crippen LogP contribution is -2.04. The fraction of sp³-hybridized carbons (Fsp3) is 0.400. The average molecular weight is 211 g/mol. The maximum Gasteiger partial charge on any atom is 0.250 e. The SMILES string of the molecule is Cc1ccc(/C=C(/C(C)C)[N+](=O)[O-])s1. The van der Waals surface area contributed by atoms with Crippen molar-refractivity contribution in [2.75, 3.05) is 0 Å². The van der Waals surface area contributed by atoms with Crippen LogP contribution in [0.4, 0.5) is 0 Å². The molecular weight excluding hydrogens is 198 g/mol. The maximum atomic E-state index is 10.7. The average Bonchev–Trinajstić information content (AvgIpc) is 2.46. The third-order valence-corrected chi connectivity index (χ3v) is 2.80. The largest absolute Gasteiger partial charge is 0.259 e. The Kier molecular flexibility index (Phi) is 3.41. The Morgan fingerprint density at radius 2 is 2.21 bits per heavy atom. The lowest BCUT2D eigenvalue weighted by atomic mass is 10.1. The Morgan fingerprint density at radius 1 is 1.57 bits per heavy atom. The van der Waals surface area contributed by atoms with E-state index in [1.54, 1.807) is 17.4 Å². The van der Waals surface area contributed by atoms with Gasteiger partial charge in [-0.1, -0.05) is 13.8 Å². The summed E-state index contributed by atoms with van der Waals surface area (Å²) < 4.78 is 0. The molecule has 1 aromatic heterocycles. The van der Waals surface area contributed by atoms with Crippen LogP contribution >= 0.6 is 11.3 Å². The van der Waals surface area contributed by atoms with Gasteiger partial charge in [-0.2, -0.15) is 0 Å². The van der Waals surface area contributed by atoms with Crippen molar-refractivity contribution in [3.05, 3.63) is 37.7 Å². The third-order valence-electron chi connectivity index (χ3n) is 1.85. The van der Waals surface area contributed by atoms with Crippen molar-refractivity contribution in [3.63, 3.8) is 0 Å². The number of hydrogen-bond donors (Lipinski definition) is 0. The zero-order valence-corrected chi connectivity index (χ0v) is 9.30. The van der Waals surface area contributed by atoms with Crippen molar-refractivity contribution in [1.82, 2.24) is 0 Å². The summed E-state index contributed by atoms with van der Waals surface area (Å²) in [6.45, 7) is 5.65. The summed E-state index contributed by atoms with van der Waals surface area (Å²) in [6.07, 6.45) is 1.66. The first-order valence-electron chi connectivity index (χ1n) is 4.43. The minimum atomic E-state index is -0.306. The highest BCUT2D eigenvalue weighted by Gasteiger charge is 2.15. The summed E-state index contributed by atoms with van der Waals surface area (Å²) in [5.74, 6) is -0.0487. The van der Waals surface area contributed by atoms with E-state index in [0.717, 1.165) is 4.88 Å². The van der Waals surface area contributed by atoms with E-state index in [1.807, 2.05) is 32.9 Å². The lowest BCUT2D eigenvalue weighted by molar-refractivity contribution is -0.431. The zero-order valence-electron chi connectivity index (χ0n) is 8.48. The molecule has 4 heteroatoms. The molecule has 76 valence electrons. The summed E-state index contributed by atoms with van der Waals surface area (Å²) in [4.78, 5) is 12.5. The highest BCUT2D eigenvalue weighted by molar-refractivity contribution is 7.12. The molecule has 0 saturated carbocycles.